The van der Waals surface area contributed by atoms with Crippen molar-refractivity contribution < 1.29 is 9.53 Å². The molecule has 6 heteroatoms. The van der Waals surface area contributed by atoms with E-state index in [0.717, 1.165) is 16.7 Å². The molecule has 1 aromatic carbocycles. The van der Waals surface area contributed by atoms with Gasteiger partial charge in [0, 0.05) is 43.1 Å². The van der Waals surface area contributed by atoms with Gasteiger partial charge in [0.1, 0.15) is 5.75 Å². The number of benzene rings is 1. The Bertz CT molecular complexity index is 806. The van der Waals surface area contributed by atoms with Gasteiger partial charge in [0.05, 0.1) is 11.8 Å². The first-order valence-electron chi connectivity index (χ1n) is 8.10. The van der Waals surface area contributed by atoms with Crippen LogP contribution in [0.15, 0.2) is 49.2 Å². The molecule has 0 radical (unpaired) electrons. The molecule has 0 spiro atoms. The van der Waals surface area contributed by atoms with Crippen molar-refractivity contribution in [3.05, 3.63) is 49.2 Å². The number of carbonyl (C=O) groups excluding carboxylic acids is 1. The second kappa shape index (κ2) is 7.21. The van der Waals surface area contributed by atoms with Gasteiger partial charge < -0.3 is 19.2 Å². The van der Waals surface area contributed by atoms with E-state index >= 15 is 0 Å². The van der Waals surface area contributed by atoms with Gasteiger partial charge in [-0.1, -0.05) is 6.07 Å². The minimum Gasteiger partial charge on any atom is -0.483 e. The molecular formula is C18H22N4O2. The molecule has 3 aromatic rings. The molecule has 2 aromatic heterocycles. The monoisotopic (exact) mass is 326 g/mol. The van der Waals surface area contributed by atoms with Gasteiger partial charge in [-0.15, -0.1) is 0 Å². The third-order valence-corrected chi connectivity index (χ3v) is 3.89. The first-order chi connectivity index (χ1) is 11.6. The number of hydrogen-bond donors (Lipinski definition) is 1. The van der Waals surface area contributed by atoms with Crippen molar-refractivity contribution in [3.8, 4) is 5.75 Å². The summed E-state index contributed by atoms with van der Waals surface area (Å²) >= 11 is 0. The Hall–Kier alpha value is -2.76. The zero-order valence-corrected chi connectivity index (χ0v) is 14.0. The Morgan fingerprint density at radius 2 is 2.17 bits per heavy atom. The predicted octanol–water partition coefficient (Wildman–Crippen LogP) is 2.61. The third-order valence-electron chi connectivity index (χ3n) is 3.89. The van der Waals surface area contributed by atoms with Crippen LogP contribution in [0, 0.1) is 0 Å². The lowest BCUT2D eigenvalue weighted by Crippen LogP contribution is -2.31. The highest BCUT2D eigenvalue weighted by Gasteiger charge is 2.10. The number of imidazole rings is 1. The standard InChI is InChI=1S/C18H22N4O2/c1-14(2)22-9-6-15-16(22)4-3-5-17(15)24-12-18(23)20-8-11-21-10-7-19-13-21/h3-7,9-10,13-14H,8,11-12H2,1-2H3,(H,20,23). The molecule has 6 nitrogen and oxygen atoms in total. The molecule has 0 atom stereocenters. The molecular weight excluding hydrogens is 304 g/mol. The number of ether oxygens (including phenoxy) is 1. The SMILES string of the molecule is CC(C)n1ccc2c(OCC(=O)NCCn3ccnc3)cccc21. The van der Waals surface area contributed by atoms with Crippen LogP contribution >= 0.6 is 0 Å². The summed E-state index contributed by atoms with van der Waals surface area (Å²) in [7, 11) is 0. The quantitative estimate of drug-likeness (QED) is 0.726. The summed E-state index contributed by atoms with van der Waals surface area (Å²) < 4.78 is 9.82. The van der Waals surface area contributed by atoms with Crippen LogP contribution in [0.5, 0.6) is 5.75 Å². The lowest BCUT2D eigenvalue weighted by molar-refractivity contribution is -0.123. The van der Waals surface area contributed by atoms with Gasteiger partial charge in [0.15, 0.2) is 6.61 Å². The maximum atomic E-state index is 11.9. The summed E-state index contributed by atoms with van der Waals surface area (Å²) in [4.78, 5) is 15.9. The molecule has 2 heterocycles. The predicted molar refractivity (Wildman–Crippen MR) is 93.1 cm³/mol. The van der Waals surface area contributed by atoms with Gasteiger partial charge in [-0.25, -0.2) is 4.98 Å². The molecule has 0 unspecified atom stereocenters. The van der Waals surface area contributed by atoms with E-state index in [0.29, 0.717) is 19.1 Å². The molecule has 0 saturated heterocycles. The second-order valence-electron chi connectivity index (χ2n) is 5.94. The molecule has 0 bridgehead atoms. The number of nitrogens with zero attached hydrogens (tertiary/aromatic N) is 3. The average Bonchev–Trinajstić information content (AvgIpc) is 3.22. The number of amides is 1. The van der Waals surface area contributed by atoms with Crippen molar-refractivity contribution in [1.29, 1.82) is 0 Å². The van der Waals surface area contributed by atoms with Gasteiger partial charge in [0.2, 0.25) is 0 Å². The number of rotatable bonds is 7. The van der Waals surface area contributed by atoms with Crippen molar-refractivity contribution in [1.82, 2.24) is 19.4 Å². The fourth-order valence-corrected chi connectivity index (χ4v) is 2.67. The van der Waals surface area contributed by atoms with Crippen molar-refractivity contribution >= 4 is 16.8 Å². The Kier molecular flexibility index (Phi) is 4.84. The second-order valence-corrected chi connectivity index (χ2v) is 5.94. The van der Waals surface area contributed by atoms with E-state index in [2.05, 4.69) is 34.8 Å². The first-order valence-corrected chi connectivity index (χ1v) is 8.10. The minimum atomic E-state index is -0.129. The van der Waals surface area contributed by atoms with Crippen LogP contribution in [-0.4, -0.2) is 33.2 Å². The zero-order valence-electron chi connectivity index (χ0n) is 14.0. The van der Waals surface area contributed by atoms with Gasteiger partial charge in [0.25, 0.3) is 5.91 Å². The maximum Gasteiger partial charge on any atom is 0.258 e. The van der Waals surface area contributed by atoms with E-state index < -0.39 is 0 Å². The highest BCUT2D eigenvalue weighted by Crippen LogP contribution is 2.28. The van der Waals surface area contributed by atoms with Crippen LogP contribution in [0.3, 0.4) is 0 Å². The van der Waals surface area contributed by atoms with Crippen LogP contribution < -0.4 is 10.1 Å². The summed E-state index contributed by atoms with van der Waals surface area (Å²) in [6.45, 7) is 5.53. The fourth-order valence-electron chi connectivity index (χ4n) is 2.67. The Morgan fingerprint density at radius 3 is 2.92 bits per heavy atom. The van der Waals surface area contributed by atoms with Gasteiger partial charge in [-0.2, -0.15) is 0 Å². The number of fused-ring (bicyclic) bond motifs is 1. The Morgan fingerprint density at radius 1 is 1.29 bits per heavy atom. The first kappa shape index (κ1) is 16.1. The number of carbonyl (C=O) groups is 1. The van der Waals surface area contributed by atoms with Crippen molar-refractivity contribution in [2.45, 2.75) is 26.4 Å². The van der Waals surface area contributed by atoms with Crippen LogP contribution in [0.4, 0.5) is 0 Å². The van der Waals surface area contributed by atoms with Crippen LogP contribution in [-0.2, 0) is 11.3 Å². The van der Waals surface area contributed by atoms with Crippen molar-refractivity contribution in [3.63, 3.8) is 0 Å². The molecule has 0 fully saturated rings. The molecule has 3 rings (SSSR count). The van der Waals surface area contributed by atoms with E-state index in [1.54, 1.807) is 12.5 Å². The lowest BCUT2D eigenvalue weighted by atomic mass is 10.2. The topological polar surface area (TPSA) is 61.1 Å². The normalized spacial score (nSPS) is 11.1. The molecule has 24 heavy (non-hydrogen) atoms. The molecule has 0 saturated carbocycles. The van der Waals surface area contributed by atoms with E-state index in [1.165, 1.54) is 0 Å². The number of hydrogen-bond acceptors (Lipinski definition) is 3. The van der Waals surface area contributed by atoms with Gasteiger partial charge in [-0.3, -0.25) is 4.79 Å². The van der Waals surface area contributed by atoms with Crippen molar-refractivity contribution in [2.75, 3.05) is 13.2 Å². The van der Waals surface area contributed by atoms with Crippen molar-refractivity contribution in [2.24, 2.45) is 0 Å². The van der Waals surface area contributed by atoms with Crippen LogP contribution in [0.1, 0.15) is 19.9 Å². The third kappa shape index (κ3) is 3.59. The molecule has 1 N–H and O–H groups in total. The average molecular weight is 326 g/mol. The summed E-state index contributed by atoms with van der Waals surface area (Å²) in [5.41, 5.74) is 1.11. The Balaban J connectivity index is 1.56. The fraction of sp³-hybridized carbons (Fsp3) is 0.333. The highest BCUT2D eigenvalue weighted by molar-refractivity contribution is 5.87. The van der Waals surface area contributed by atoms with Crippen LogP contribution in [0.25, 0.3) is 10.9 Å². The van der Waals surface area contributed by atoms with E-state index in [-0.39, 0.29) is 12.5 Å². The summed E-state index contributed by atoms with van der Waals surface area (Å²) in [5.74, 6) is 0.604. The molecule has 0 aliphatic rings. The molecule has 126 valence electrons. The molecule has 0 aliphatic carbocycles. The largest absolute Gasteiger partial charge is 0.483 e. The van der Waals surface area contributed by atoms with Crippen LogP contribution in [0.2, 0.25) is 0 Å². The highest BCUT2D eigenvalue weighted by atomic mass is 16.5. The number of nitrogens with one attached hydrogen (secondary N) is 1. The van der Waals surface area contributed by atoms with Gasteiger partial charge >= 0.3 is 0 Å². The molecule has 0 aliphatic heterocycles. The maximum absolute atomic E-state index is 11.9. The lowest BCUT2D eigenvalue weighted by Gasteiger charge is -2.11. The van der Waals surface area contributed by atoms with Gasteiger partial charge in [-0.05, 0) is 32.0 Å². The smallest absolute Gasteiger partial charge is 0.258 e. The Labute approximate surface area is 141 Å². The molecule has 1 amide bonds. The number of aromatic nitrogens is 3. The summed E-state index contributed by atoms with van der Waals surface area (Å²) in [5, 5.41) is 3.87. The minimum absolute atomic E-state index is 0.00982. The summed E-state index contributed by atoms with van der Waals surface area (Å²) in [6, 6.07) is 8.32. The zero-order chi connectivity index (χ0) is 16.9. The van der Waals surface area contributed by atoms with E-state index in [4.69, 9.17) is 4.74 Å². The summed E-state index contributed by atoms with van der Waals surface area (Å²) in [6.07, 6.45) is 7.35. The van der Waals surface area contributed by atoms with E-state index in [9.17, 15) is 4.79 Å². The van der Waals surface area contributed by atoms with E-state index in [1.807, 2.05) is 35.2 Å².